The molecule has 0 fully saturated rings. The number of nitrogens with one attached hydrogen (secondary N) is 2. The average molecular weight is 328 g/mol. The van der Waals surface area contributed by atoms with Gasteiger partial charge < -0.3 is 10.3 Å². The minimum absolute atomic E-state index is 0.00403. The zero-order valence-electron chi connectivity index (χ0n) is 13.2. The van der Waals surface area contributed by atoms with Crippen molar-refractivity contribution >= 4 is 33.3 Å². The van der Waals surface area contributed by atoms with Crippen LogP contribution in [0.25, 0.3) is 10.9 Å². The molecule has 2 aromatic heterocycles. The van der Waals surface area contributed by atoms with Crippen LogP contribution in [0, 0.1) is 0 Å². The van der Waals surface area contributed by atoms with Crippen molar-refractivity contribution in [2.24, 2.45) is 0 Å². The van der Waals surface area contributed by atoms with Crippen molar-refractivity contribution in [1.29, 1.82) is 0 Å². The molecule has 0 aliphatic rings. The van der Waals surface area contributed by atoms with Crippen molar-refractivity contribution in [3.63, 3.8) is 0 Å². The van der Waals surface area contributed by atoms with Crippen molar-refractivity contribution < 1.29 is 4.79 Å². The molecule has 6 heteroatoms. The third-order valence-corrected chi connectivity index (χ3v) is 4.72. The maximum absolute atomic E-state index is 11.9. The number of carbonyl (C=O) groups excluding carboxylic acids is 1. The van der Waals surface area contributed by atoms with Gasteiger partial charge in [0.1, 0.15) is 0 Å². The number of fused-ring (bicyclic) bond motifs is 1. The van der Waals surface area contributed by atoms with Crippen LogP contribution in [0.4, 0.5) is 5.13 Å². The van der Waals surface area contributed by atoms with Crippen molar-refractivity contribution in [3.05, 3.63) is 47.6 Å². The Hall–Kier alpha value is -2.18. The van der Waals surface area contributed by atoms with E-state index in [0.717, 1.165) is 11.2 Å². The van der Waals surface area contributed by atoms with Crippen LogP contribution >= 0.6 is 11.3 Å². The van der Waals surface area contributed by atoms with Gasteiger partial charge >= 0.3 is 0 Å². The quantitative estimate of drug-likeness (QED) is 0.726. The highest BCUT2D eigenvalue weighted by Gasteiger charge is 2.15. The lowest BCUT2D eigenvalue weighted by atomic mass is 10.2. The van der Waals surface area contributed by atoms with Gasteiger partial charge in [-0.05, 0) is 31.5 Å². The molecule has 0 unspecified atom stereocenters. The minimum Gasteiger partial charge on any atom is -0.357 e. The van der Waals surface area contributed by atoms with Crippen molar-refractivity contribution in [3.8, 4) is 0 Å². The fourth-order valence-electron chi connectivity index (χ4n) is 2.50. The molecule has 3 rings (SSSR count). The van der Waals surface area contributed by atoms with Crippen LogP contribution < -0.4 is 5.32 Å². The van der Waals surface area contributed by atoms with E-state index in [0.29, 0.717) is 18.1 Å². The molecule has 0 spiro atoms. The van der Waals surface area contributed by atoms with Crippen LogP contribution in [0.15, 0.2) is 41.9 Å². The van der Waals surface area contributed by atoms with Crippen molar-refractivity contribution in [2.75, 3.05) is 18.9 Å². The van der Waals surface area contributed by atoms with Crippen LogP contribution in [-0.2, 0) is 4.79 Å². The van der Waals surface area contributed by atoms with Gasteiger partial charge in [-0.25, -0.2) is 4.98 Å². The Morgan fingerprint density at radius 1 is 1.43 bits per heavy atom. The number of amides is 1. The van der Waals surface area contributed by atoms with E-state index < -0.39 is 0 Å². The maximum atomic E-state index is 11.9. The van der Waals surface area contributed by atoms with E-state index in [4.69, 9.17) is 0 Å². The molecule has 1 atom stereocenters. The highest BCUT2D eigenvalue weighted by atomic mass is 32.1. The summed E-state index contributed by atoms with van der Waals surface area (Å²) in [6.45, 7) is 2.83. The smallest absolute Gasteiger partial charge is 0.227 e. The SMILES string of the molecule is C[C@H](c1cc2ccccc2[nH]1)N(C)CCC(=O)Nc1nccs1. The highest BCUT2D eigenvalue weighted by Crippen LogP contribution is 2.23. The molecule has 120 valence electrons. The molecule has 0 saturated carbocycles. The molecule has 0 saturated heterocycles. The van der Waals surface area contributed by atoms with Crippen LogP contribution in [0.3, 0.4) is 0 Å². The molecule has 0 aliphatic carbocycles. The Balaban J connectivity index is 1.56. The third-order valence-electron chi connectivity index (χ3n) is 4.03. The summed E-state index contributed by atoms with van der Waals surface area (Å²) in [5, 5.41) is 6.52. The monoisotopic (exact) mass is 328 g/mol. The predicted octanol–water partition coefficient (Wildman–Crippen LogP) is 3.65. The van der Waals surface area contributed by atoms with Crippen LogP contribution in [0.2, 0.25) is 0 Å². The second kappa shape index (κ2) is 6.93. The number of carbonyl (C=O) groups is 1. The largest absolute Gasteiger partial charge is 0.357 e. The van der Waals surface area contributed by atoms with Gasteiger partial charge in [0, 0.05) is 41.8 Å². The van der Waals surface area contributed by atoms with Gasteiger partial charge in [0.15, 0.2) is 5.13 Å². The lowest BCUT2D eigenvalue weighted by Crippen LogP contribution is -2.27. The number of benzene rings is 1. The normalized spacial score (nSPS) is 12.7. The third kappa shape index (κ3) is 3.78. The molecular formula is C17H20N4OS. The van der Waals surface area contributed by atoms with E-state index >= 15 is 0 Å². The van der Waals surface area contributed by atoms with Gasteiger partial charge in [-0.2, -0.15) is 0 Å². The average Bonchev–Trinajstić information content (AvgIpc) is 3.20. The van der Waals surface area contributed by atoms with Gasteiger partial charge in [0.2, 0.25) is 5.91 Å². The first-order chi connectivity index (χ1) is 11.1. The zero-order valence-corrected chi connectivity index (χ0v) is 14.1. The van der Waals surface area contributed by atoms with Gasteiger partial charge in [-0.15, -0.1) is 11.3 Å². The number of anilines is 1. The number of thiazole rings is 1. The lowest BCUT2D eigenvalue weighted by molar-refractivity contribution is -0.116. The molecule has 1 amide bonds. The number of hydrogen-bond donors (Lipinski definition) is 2. The number of H-pyrrole nitrogens is 1. The Bertz CT molecular complexity index is 748. The number of aromatic amines is 1. The Labute approximate surface area is 139 Å². The topological polar surface area (TPSA) is 61.0 Å². The summed E-state index contributed by atoms with van der Waals surface area (Å²) in [5.74, 6) is -0.00403. The molecule has 2 heterocycles. The Morgan fingerprint density at radius 2 is 2.26 bits per heavy atom. The second-order valence-electron chi connectivity index (χ2n) is 5.60. The molecule has 2 N–H and O–H groups in total. The standard InChI is InChI=1S/C17H20N4OS/c1-12(15-11-13-5-3-4-6-14(13)19-15)21(2)9-7-16(22)20-17-18-8-10-23-17/h3-6,8,10-12,19H,7,9H2,1-2H3,(H,18,20,22)/t12-/m1/s1. The Kier molecular flexibility index (Phi) is 4.73. The second-order valence-corrected chi connectivity index (χ2v) is 6.50. The van der Waals surface area contributed by atoms with E-state index in [9.17, 15) is 4.79 Å². The van der Waals surface area contributed by atoms with Crippen molar-refractivity contribution in [1.82, 2.24) is 14.9 Å². The summed E-state index contributed by atoms with van der Waals surface area (Å²) in [5.41, 5.74) is 2.30. The van der Waals surface area contributed by atoms with Gasteiger partial charge in [0.05, 0.1) is 0 Å². The first kappa shape index (κ1) is 15.7. The first-order valence-corrected chi connectivity index (χ1v) is 8.48. The molecule has 0 radical (unpaired) electrons. The van der Waals surface area contributed by atoms with Gasteiger partial charge in [0.25, 0.3) is 0 Å². The van der Waals surface area contributed by atoms with Crippen molar-refractivity contribution in [2.45, 2.75) is 19.4 Å². The van der Waals surface area contributed by atoms with E-state index in [1.807, 2.05) is 24.6 Å². The number of hydrogen-bond acceptors (Lipinski definition) is 4. The van der Waals surface area contributed by atoms with Gasteiger partial charge in [-0.3, -0.25) is 9.69 Å². The number of para-hydroxylation sites is 1. The molecule has 23 heavy (non-hydrogen) atoms. The fraction of sp³-hybridized carbons (Fsp3) is 0.294. The summed E-state index contributed by atoms with van der Waals surface area (Å²) in [6.07, 6.45) is 2.13. The summed E-state index contributed by atoms with van der Waals surface area (Å²) < 4.78 is 0. The van der Waals surface area contributed by atoms with Crippen LogP contribution in [0.5, 0.6) is 0 Å². The Morgan fingerprint density at radius 3 is 3.00 bits per heavy atom. The number of rotatable bonds is 6. The maximum Gasteiger partial charge on any atom is 0.227 e. The molecule has 0 aliphatic heterocycles. The summed E-state index contributed by atoms with van der Waals surface area (Å²) in [6, 6.07) is 10.6. The lowest BCUT2D eigenvalue weighted by Gasteiger charge is -2.23. The fourth-order valence-corrected chi connectivity index (χ4v) is 3.04. The predicted molar refractivity (Wildman–Crippen MR) is 94.7 cm³/mol. The highest BCUT2D eigenvalue weighted by molar-refractivity contribution is 7.13. The minimum atomic E-state index is -0.00403. The molecular weight excluding hydrogens is 308 g/mol. The molecule has 0 bridgehead atoms. The van der Waals surface area contributed by atoms with E-state index in [1.165, 1.54) is 16.7 Å². The number of aromatic nitrogens is 2. The summed E-state index contributed by atoms with van der Waals surface area (Å²) >= 11 is 1.43. The molecule has 3 aromatic rings. The molecule has 1 aromatic carbocycles. The van der Waals surface area contributed by atoms with E-state index in [1.54, 1.807) is 6.20 Å². The van der Waals surface area contributed by atoms with Gasteiger partial charge in [-0.1, -0.05) is 18.2 Å². The summed E-state index contributed by atoms with van der Waals surface area (Å²) in [7, 11) is 2.03. The zero-order chi connectivity index (χ0) is 16.2. The molecule has 5 nitrogen and oxygen atoms in total. The van der Waals surface area contributed by atoms with E-state index in [2.05, 4.69) is 45.3 Å². The van der Waals surface area contributed by atoms with Crippen LogP contribution in [-0.4, -0.2) is 34.4 Å². The van der Waals surface area contributed by atoms with Crippen LogP contribution in [0.1, 0.15) is 25.1 Å². The van der Waals surface area contributed by atoms with E-state index in [-0.39, 0.29) is 11.9 Å². The first-order valence-electron chi connectivity index (χ1n) is 7.61. The number of nitrogens with zero attached hydrogens (tertiary/aromatic N) is 2. The summed E-state index contributed by atoms with van der Waals surface area (Å²) in [4.78, 5) is 21.6.